The first-order valence-electron chi connectivity index (χ1n) is 13.2. The summed E-state index contributed by atoms with van der Waals surface area (Å²) in [7, 11) is 0. The van der Waals surface area contributed by atoms with Gasteiger partial charge in [-0.2, -0.15) is 5.26 Å². The molecule has 0 aromatic heterocycles. The van der Waals surface area contributed by atoms with Crippen molar-refractivity contribution in [2.75, 3.05) is 24.5 Å². The number of carbonyl (C=O) groups excluding carboxylic acids is 3. The number of nitrogens with zero attached hydrogens (tertiary/aromatic N) is 4. The Bertz CT molecular complexity index is 1370. The van der Waals surface area contributed by atoms with Crippen molar-refractivity contribution in [2.45, 2.75) is 56.7 Å². The molecule has 3 amide bonds. The number of aliphatic hydroxyl groups is 1. The molecule has 1 saturated carbocycles. The second-order valence-corrected chi connectivity index (χ2v) is 10.9. The van der Waals surface area contributed by atoms with Crippen LogP contribution in [0.15, 0.2) is 42.5 Å². The molecule has 3 fully saturated rings. The maximum atomic E-state index is 14.9. The first-order valence-corrected chi connectivity index (χ1v) is 13.2. The highest BCUT2D eigenvalue weighted by atomic mass is 19.3. The summed E-state index contributed by atoms with van der Waals surface area (Å²) in [6.45, 7) is 1.10. The van der Waals surface area contributed by atoms with E-state index in [1.807, 2.05) is 6.07 Å². The third-order valence-electron chi connectivity index (χ3n) is 8.22. The predicted octanol–water partition coefficient (Wildman–Crippen LogP) is 3.32. The number of likely N-dealkylation sites (tertiary alicyclic amines) is 1. The zero-order chi connectivity index (χ0) is 28.8. The van der Waals surface area contributed by atoms with Crippen LogP contribution in [0.5, 0.6) is 0 Å². The number of piperazine rings is 1. The summed E-state index contributed by atoms with van der Waals surface area (Å²) in [5, 5.41) is 18.9. The highest BCUT2D eigenvalue weighted by Gasteiger charge is 2.62. The number of anilines is 1. The SMILES string of the molecule is CC(F)(F)c1ccc(CN2C(=O)CN(c3ccc(C#N)cc3F)C(=O)C23CC(C(=O)N2CCC(O)CC2)C3)cc1. The molecule has 1 spiro atoms. The first kappa shape index (κ1) is 27.6. The van der Waals surface area contributed by atoms with Gasteiger partial charge in [-0.3, -0.25) is 19.3 Å². The van der Waals surface area contributed by atoms with Crippen molar-refractivity contribution in [1.82, 2.24) is 9.80 Å². The number of benzene rings is 2. The van der Waals surface area contributed by atoms with Gasteiger partial charge in [0.1, 0.15) is 17.9 Å². The molecule has 1 aliphatic carbocycles. The lowest BCUT2D eigenvalue weighted by Crippen LogP contribution is -2.74. The van der Waals surface area contributed by atoms with Gasteiger partial charge >= 0.3 is 0 Å². The van der Waals surface area contributed by atoms with Crippen molar-refractivity contribution < 1.29 is 32.7 Å². The number of piperidine rings is 1. The van der Waals surface area contributed by atoms with Crippen LogP contribution in [-0.4, -0.2) is 63.9 Å². The minimum atomic E-state index is -3.03. The lowest BCUT2D eigenvalue weighted by molar-refractivity contribution is -0.168. The van der Waals surface area contributed by atoms with Crippen molar-refractivity contribution in [3.8, 4) is 6.07 Å². The molecule has 3 aliphatic rings. The summed E-state index contributed by atoms with van der Waals surface area (Å²) in [6.07, 6.45) is 0.543. The molecule has 5 rings (SSSR count). The van der Waals surface area contributed by atoms with Gasteiger partial charge in [0.25, 0.3) is 11.8 Å². The van der Waals surface area contributed by atoms with Crippen LogP contribution in [0.1, 0.15) is 49.3 Å². The maximum absolute atomic E-state index is 14.9. The predicted molar refractivity (Wildman–Crippen MR) is 137 cm³/mol. The average molecular weight is 555 g/mol. The van der Waals surface area contributed by atoms with Crippen molar-refractivity contribution in [2.24, 2.45) is 5.92 Å². The van der Waals surface area contributed by atoms with Crippen molar-refractivity contribution >= 4 is 23.4 Å². The van der Waals surface area contributed by atoms with E-state index in [9.17, 15) is 32.7 Å². The number of nitriles is 1. The third-order valence-corrected chi connectivity index (χ3v) is 8.22. The van der Waals surface area contributed by atoms with Crippen molar-refractivity contribution in [3.63, 3.8) is 0 Å². The number of alkyl halides is 2. The quantitative estimate of drug-likeness (QED) is 0.611. The zero-order valence-electron chi connectivity index (χ0n) is 21.9. The minimum Gasteiger partial charge on any atom is -0.393 e. The highest BCUT2D eigenvalue weighted by Crippen LogP contribution is 2.48. The Kier molecular flexibility index (Phi) is 7.08. The van der Waals surface area contributed by atoms with Crippen LogP contribution in [-0.2, 0) is 26.9 Å². The first-order chi connectivity index (χ1) is 18.9. The van der Waals surface area contributed by atoms with Crippen LogP contribution < -0.4 is 4.90 Å². The summed E-state index contributed by atoms with van der Waals surface area (Å²) < 4.78 is 42.4. The number of amides is 3. The van der Waals surface area contributed by atoms with E-state index in [2.05, 4.69) is 0 Å². The van der Waals surface area contributed by atoms with Crippen LogP contribution >= 0.6 is 0 Å². The van der Waals surface area contributed by atoms with Crippen LogP contribution in [0.4, 0.5) is 18.9 Å². The van der Waals surface area contributed by atoms with Gasteiger partial charge in [-0.15, -0.1) is 0 Å². The molecule has 2 aromatic rings. The molecule has 0 unspecified atom stereocenters. The van der Waals surface area contributed by atoms with Crippen LogP contribution in [0.3, 0.4) is 0 Å². The maximum Gasteiger partial charge on any atom is 0.270 e. The molecular weight excluding hydrogens is 525 g/mol. The molecule has 210 valence electrons. The standard InChI is InChI=1S/C29H29F3N4O4/c1-28(31,32)21-5-2-18(3-6-21)16-36-25(38)17-35(24-7-4-19(15-33)12-23(24)30)27(40)29(36)13-20(14-29)26(39)34-10-8-22(37)9-11-34/h2-7,12,20,22,37H,8-11,13-14,16-17H2,1H3. The van der Waals surface area contributed by atoms with Crippen molar-refractivity contribution in [1.29, 1.82) is 5.26 Å². The summed E-state index contributed by atoms with van der Waals surface area (Å²) in [6, 6.07) is 11.0. The summed E-state index contributed by atoms with van der Waals surface area (Å²) in [5.74, 6) is -5.56. The van der Waals surface area contributed by atoms with Gasteiger partial charge in [-0.25, -0.2) is 13.2 Å². The topological polar surface area (TPSA) is 105 Å². The van der Waals surface area contributed by atoms with Crippen LogP contribution in [0, 0.1) is 23.1 Å². The fraction of sp³-hybridized carbons (Fsp3) is 0.448. The fourth-order valence-electron chi connectivity index (χ4n) is 5.88. The Morgan fingerprint density at radius 3 is 2.35 bits per heavy atom. The molecule has 2 saturated heterocycles. The number of aliphatic hydroxyl groups excluding tert-OH is 1. The minimum absolute atomic E-state index is 0.0367. The van der Waals surface area contributed by atoms with Gasteiger partial charge in [0.15, 0.2) is 0 Å². The Hall–Kier alpha value is -3.91. The molecule has 2 aliphatic heterocycles. The van der Waals surface area contributed by atoms with E-state index >= 15 is 0 Å². The van der Waals surface area contributed by atoms with Gasteiger partial charge in [-0.1, -0.05) is 24.3 Å². The van der Waals surface area contributed by atoms with E-state index < -0.39 is 47.7 Å². The molecule has 8 nitrogen and oxygen atoms in total. The van der Waals surface area contributed by atoms with Crippen LogP contribution in [0.25, 0.3) is 0 Å². The average Bonchev–Trinajstić information content (AvgIpc) is 2.90. The largest absolute Gasteiger partial charge is 0.393 e. The molecule has 0 bridgehead atoms. The molecule has 1 N–H and O–H groups in total. The van der Waals surface area contributed by atoms with E-state index in [1.165, 1.54) is 41.3 Å². The molecule has 0 atom stereocenters. The Balaban J connectivity index is 1.44. The third kappa shape index (κ3) is 4.92. The normalized spacial score (nSPS) is 23.8. The van der Waals surface area contributed by atoms with Gasteiger partial charge in [-0.05, 0) is 49.4 Å². The second-order valence-electron chi connectivity index (χ2n) is 10.9. The van der Waals surface area contributed by atoms with E-state index in [4.69, 9.17) is 5.26 Å². The number of hydrogen-bond donors (Lipinski definition) is 1. The Morgan fingerprint density at radius 1 is 1.12 bits per heavy atom. The Morgan fingerprint density at radius 2 is 1.77 bits per heavy atom. The second kappa shape index (κ2) is 10.2. The summed E-state index contributed by atoms with van der Waals surface area (Å²) >= 11 is 0. The Labute approximate surface area is 229 Å². The fourth-order valence-corrected chi connectivity index (χ4v) is 5.88. The van der Waals surface area contributed by atoms with Gasteiger partial charge in [0.05, 0.1) is 23.4 Å². The van der Waals surface area contributed by atoms with E-state index in [1.54, 1.807) is 4.90 Å². The molecular formula is C29H29F3N4O4. The molecule has 0 radical (unpaired) electrons. The van der Waals surface area contributed by atoms with Gasteiger partial charge < -0.3 is 14.9 Å². The summed E-state index contributed by atoms with van der Waals surface area (Å²) in [4.78, 5) is 44.9. The number of halogens is 3. The number of carbonyl (C=O) groups is 3. The monoisotopic (exact) mass is 554 g/mol. The number of rotatable bonds is 5. The zero-order valence-corrected chi connectivity index (χ0v) is 21.9. The van der Waals surface area contributed by atoms with E-state index in [0.717, 1.165) is 17.9 Å². The number of hydrogen-bond acceptors (Lipinski definition) is 5. The van der Waals surface area contributed by atoms with Crippen molar-refractivity contribution in [3.05, 3.63) is 65.0 Å². The smallest absolute Gasteiger partial charge is 0.270 e. The van der Waals surface area contributed by atoms with Crippen LogP contribution in [0.2, 0.25) is 0 Å². The van der Waals surface area contributed by atoms with E-state index in [-0.39, 0.29) is 42.1 Å². The lowest BCUT2D eigenvalue weighted by atomic mass is 9.64. The molecule has 40 heavy (non-hydrogen) atoms. The molecule has 2 aromatic carbocycles. The highest BCUT2D eigenvalue weighted by molar-refractivity contribution is 6.10. The summed E-state index contributed by atoms with van der Waals surface area (Å²) in [5.41, 5.74) is -1.14. The van der Waals surface area contributed by atoms with Gasteiger partial charge in [0, 0.05) is 38.0 Å². The lowest BCUT2D eigenvalue weighted by Gasteiger charge is -2.57. The van der Waals surface area contributed by atoms with E-state index in [0.29, 0.717) is 31.5 Å². The molecule has 11 heteroatoms. The van der Waals surface area contributed by atoms with Gasteiger partial charge in [0.2, 0.25) is 11.8 Å². The molecule has 2 heterocycles.